The lowest BCUT2D eigenvalue weighted by Crippen LogP contribution is -2.30. The number of hydrogen-bond acceptors (Lipinski definition) is 4. The molecule has 0 radical (unpaired) electrons. The third-order valence-electron chi connectivity index (χ3n) is 0.988. The van der Waals surface area contributed by atoms with E-state index in [4.69, 9.17) is 5.11 Å². The van der Waals surface area contributed by atoms with Crippen molar-refractivity contribution in [1.29, 1.82) is 0 Å². The molecule has 0 rings (SSSR count). The Morgan fingerprint density at radius 2 is 2.18 bits per heavy atom. The SMILES string of the molecule is COCCNS(=O)(=O)CCO. The Hall–Kier alpha value is -0.170. The van der Waals surface area contributed by atoms with Crippen LogP contribution in [0.15, 0.2) is 0 Å². The quantitative estimate of drug-likeness (QED) is 0.494. The van der Waals surface area contributed by atoms with E-state index >= 15 is 0 Å². The number of nitrogens with one attached hydrogen (secondary N) is 1. The summed E-state index contributed by atoms with van der Waals surface area (Å²) in [6.07, 6.45) is 0. The van der Waals surface area contributed by atoms with Gasteiger partial charge in [-0.25, -0.2) is 13.1 Å². The van der Waals surface area contributed by atoms with Crippen LogP contribution >= 0.6 is 0 Å². The van der Waals surface area contributed by atoms with Crippen molar-refractivity contribution in [2.24, 2.45) is 0 Å². The Morgan fingerprint density at radius 1 is 1.55 bits per heavy atom. The van der Waals surface area contributed by atoms with Crippen LogP contribution in [0, 0.1) is 0 Å². The molecule has 0 aliphatic carbocycles. The monoisotopic (exact) mass is 183 g/mol. The summed E-state index contributed by atoms with van der Waals surface area (Å²) < 4.78 is 28.4. The highest BCUT2D eigenvalue weighted by molar-refractivity contribution is 7.89. The molecule has 11 heavy (non-hydrogen) atoms. The summed E-state index contributed by atoms with van der Waals surface area (Å²) in [6.45, 7) is 0.228. The summed E-state index contributed by atoms with van der Waals surface area (Å²) in [7, 11) is -1.80. The molecule has 0 aromatic heterocycles. The van der Waals surface area contributed by atoms with Gasteiger partial charge < -0.3 is 9.84 Å². The van der Waals surface area contributed by atoms with Gasteiger partial charge in [0.05, 0.1) is 19.0 Å². The van der Waals surface area contributed by atoms with E-state index in [1.807, 2.05) is 0 Å². The minimum Gasteiger partial charge on any atom is -0.395 e. The topological polar surface area (TPSA) is 75.6 Å². The van der Waals surface area contributed by atoms with Gasteiger partial charge in [-0.3, -0.25) is 0 Å². The zero-order valence-electron chi connectivity index (χ0n) is 6.41. The third kappa shape index (κ3) is 6.24. The number of methoxy groups -OCH3 is 1. The Bertz CT molecular complexity index is 177. The Balaban J connectivity index is 3.56. The average molecular weight is 183 g/mol. The first kappa shape index (κ1) is 10.8. The van der Waals surface area contributed by atoms with Crippen LogP contribution in [0.5, 0.6) is 0 Å². The largest absolute Gasteiger partial charge is 0.395 e. The predicted octanol–water partition coefficient (Wildman–Crippen LogP) is -1.46. The first-order valence-electron chi connectivity index (χ1n) is 3.19. The summed E-state index contributed by atoms with van der Waals surface area (Å²) in [5.41, 5.74) is 0. The van der Waals surface area contributed by atoms with E-state index in [2.05, 4.69) is 9.46 Å². The smallest absolute Gasteiger partial charge is 0.213 e. The van der Waals surface area contributed by atoms with Crippen molar-refractivity contribution < 1.29 is 18.3 Å². The molecule has 0 fully saturated rings. The van der Waals surface area contributed by atoms with Crippen LogP contribution in [-0.4, -0.2) is 46.1 Å². The van der Waals surface area contributed by atoms with E-state index in [9.17, 15) is 8.42 Å². The summed E-state index contributed by atoms with van der Waals surface area (Å²) >= 11 is 0. The number of sulfonamides is 1. The van der Waals surface area contributed by atoms with Gasteiger partial charge in [-0.05, 0) is 0 Å². The molecule has 0 saturated carbocycles. The van der Waals surface area contributed by atoms with E-state index in [1.54, 1.807) is 0 Å². The maximum atomic E-state index is 10.8. The predicted molar refractivity (Wildman–Crippen MR) is 40.8 cm³/mol. The fourth-order valence-corrected chi connectivity index (χ4v) is 1.27. The minimum absolute atomic E-state index is 0.249. The minimum atomic E-state index is -3.28. The second-order valence-corrected chi connectivity index (χ2v) is 3.86. The first-order chi connectivity index (χ1) is 5.12. The zero-order valence-corrected chi connectivity index (χ0v) is 7.23. The molecule has 0 aromatic rings. The van der Waals surface area contributed by atoms with Crippen molar-refractivity contribution in [3.05, 3.63) is 0 Å². The summed E-state index contributed by atoms with van der Waals surface area (Å²) in [5, 5.41) is 8.31. The van der Waals surface area contributed by atoms with Gasteiger partial charge in [0.15, 0.2) is 0 Å². The maximum absolute atomic E-state index is 10.8. The molecule has 0 amide bonds. The van der Waals surface area contributed by atoms with Crippen LogP contribution in [0.3, 0.4) is 0 Å². The van der Waals surface area contributed by atoms with Gasteiger partial charge >= 0.3 is 0 Å². The highest BCUT2D eigenvalue weighted by Gasteiger charge is 2.06. The first-order valence-corrected chi connectivity index (χ1v) is 4.85. The lowest BCUT2D eigenvalue weighted by atomic mass is 10.7. The maximum Gasteiger partial charge on any atom is 0.213 e. The number of ether oxygens (including phenoxy) is 1. The standard InChI is InChI=1S/C5H13NO4S/c1-10-4-2-6-11(8,9)5-3-7/h6-7H,2-5H2,1H3. The number of aliphatic hydroxyl groups excluding tert-OH is 1. The average Bonchev–Trinajstić information content (AvgIpc) is 1.87. The Morgan fingerprint density at radius 3 is 2.64 bits per heavy atom. The Kier molecular flexibility index (Phi) is 5.39. The van der Waals surface area contributed by atoms with Gasteiger partial charge in [0.1, 0.15) is 0 Å². The molecule has 0 aromatic carbocycles. The molecule has 0 heterocycles. The normalized spacial score (nSPS) is 11.8. The van der Waals surface area contributed by atoms with Crippen LogP contribution in [0.1, 0.15) is 0 Å². The van der Waals surface area contributed by atoms with Crippen LogP contribution in [0.2, 0.25) is 0 Å². The fourth-order valence-electron chi connectivity index (χ4n) is 0.492. The molecular formula is C5H13NO4S. The van der Waals surface area contributed by atoms with Crippen molar-refractivity contribution >= 4 is 10.0 Å². The molecule has 5 nitrogen and oxygen atoms in total. The second-order valence-electron chi connectivity index (χ2n) is 1.93. The Labute approximate surface area is 66.4 Å². The molecule has 2 N–H and O–H groups in total. The van der Waals surface area contributed by atoms with E-state index < -0.39 is 10.0 Å². The van der Waals surface area contributed by atoms with Crippen LogP contribution in [0.25, 0.3) is 0 Å². The van der Waals surface area contributed by atoms with E-state index in [0.717, 1.165) is 0 Å². The van der Waals surface area contributed by atoms with Crippen LogP contribution < -0.4 is 4.72 Å². The molecule has 0 bridgehead atoms. The molecule has 0 aliphatic rings. The zero-order chi connectivity index (χ0) is 8.74. The molecule has 6 heteroatoms. The lowest BCUT2D eigenvalue weighted by Gasteiger charge is -2.03. The van der Waals surface area contributed by atoms with Gasteiger partial charge in [0.2, 0.25) is 10.0 Å². The van der Waals surface area contributed by atoms with Gasteiger partial charge in [-0.1, -0.05) is 0 Å². The number of hydrogen-bond donors (Lipinski definition) is 2. The van der Waals surface area contributed by atoms with Crippen molar-refractivity contribution in [3.8, 4) is 0 Å². The van der Waals surface area contributed by atoms with E-state index in [1.165, 1.54) is 7.11 Å². The van der Waals surface area contributed by atoms with Gasteiger partial charge in [-0.15, -0.1) is 0 Å². The molecular weight excluding hydrogens is 170 g/mol. The van der Waals surface area contributed by atoms with Crippen molar-refractivity contribution in [1.82, 2.24) is 4.72 Å². The van der Waals surface area contributed by atoms with E-state index in [0.29, 0.717) is 6.61 Å². The van der Waals surface area contributed by atoms with Crippen LogP contribution in [0.4, 0.5) is 0 Å². The van der Waals surface area contributed by atoms with Crippen molar-refractivity contribution in [3.63, 3.8) is 0 Å². The van der Waals surface area contributed by atoms with Gasteiger partial charge in [-0.2, -0.15) is 0 Å². The second kappa shape index (κ2) is 5.48. The van der Waals surface area contributed by atoms with Gasteiger partial charge in [0, 0.05) is 13.7 Å². The number of rotatable bonds is 6. The van der Waals surface area contributed by atoms with Gasteiger partial charge in [0.25, 0.3) is 0 Å². The molecule has 0 saturated heterocycles. The summed E-state index contributed by atoms with van der Waals surface area (Å²) in [5.74, 6) is -0.253. The van der Waals surface area contributed by atoms with Crippen LogP contribution in [-0.2, 0) is 14.8 Å². The summed E-state index contributed by atoms with van der Waals surface area (Å²) in [4.78, 5) is 0. The molecule has 68 valence electrons. The van der Waals surface area contributed by atoms with Crippen molar-refractivity contribution in [2.45, 2.75) is 0 Å². The third-order valence-corrected chi connectivity index (χ3v) is 2.35. The fraction of sp³-hybridized carbons (Fsp3) is 1.00. The number of aliphatic hydroxyl groups is 1. The summed E-state index contributed by atoms with van der Waals surface area (Å²) in [6, 6.07) is 0. The molecule has 0 spiro atoms. The lowest BCUT2D eigenvalue weighted by molar-refractivity contribution is 0.204. The van der Waals surface area contributed by atoms with E-state index in [-0.39, 0.29) is 18.9 Å². The molecule has 0 aliphatic heterocycles. The molecule has 0 atom stereocenters. The highest BCUT2D eigenvalue weighted by Crippen LogP contribution is 1.81. The highest BCUT2D eigenvalue weighted by atomic mass is 32.2. The van der Waals surface area contributed by atoms with Crippen molar-refractivity contribution in [2.75, 3.05) is 32.6 Å². The molecule has 0 unspecified atom stereocenters.